The molecule has 0 bridgehead atoms. The third-order valence-corrected chi connectivity index (χ3v) is 5.73. The summed E-state index contributed by atoms with van der Waals surface area (Å²) in [4.78, 5) is 25.4. The molecule has 1 aromatic heterocycles. The molecule has 0 aliphatic rings. The van der Waals surface area contributed by atoms with Crippen LogP contribution in [0.3, 0.4) is 0 Å². The Labute approximate surface area is 159 Å². The number of nitrogens with zero attached hydrogens (tertiary/aromatic N) is 1. The van der Waals surface area contributed by atoms with Gasteiger partial charge in [0, 0.05) is 0 Å². The predicted octanol–water partition coefficient (Wildman–Crippen LogP) is 2.60. The van der Waals surface area contributed by atoms with E-state index in [1.807, 2.05) is 29.8 Å². The molecule has 0 radical (unpaired) electrons. The first-order valence-corrected chi connectivity index (χ1v) is 9.81. The van der Waals surface area contributed by atoms with Crippen molar-refractivity contribution in [2.24, 2.45) is 0 Å². The summed E-state index contributed by atoms with van der Waals surface area (Å²) >= 11 is 1.74. The molecular weight excluding hydrogens is 392 g/mol. The normalized spacial score (nSPS) is 10.9. The number of aromatic nitrogens is 1. The van der Waals surface area contributed by atoms with Crippen molar-refractivity contribution in [2.75, 3.05) is 7.05 Å². The molecule has 2 aromatic carbocycles. The first-order valence-electron chi connectivity index (χ1n) is 7.51. The van der Waals surface area contributed by atoms with E-state index in [1.54, 1.807) is 11.3 Å². The zero-order valence-electron chi connectivity index (χ0n) is 14.3. The molecule has 0 spiro atoms. The lowest BCUT2D eigenvalue weighted by Gasteiger charge is -2.05. The second-order valence-corrected chi connectivity index (χ2v) is 8.39. The number of carboxylic acids is 2. The molecule has 10 heteroatoms. The highest BCUT2D eigenvalue weighted by atomic mass is 32.2. The maximum Gasteiger partial charge on any atom is 0.335 e. The van der Waals surface area contributed by atoms with Crippen molar-refractivity contribution in [1.29, 1.82) is 0 Å². The van der Waals surface area contributed by atoms with E-state index >= 15 is 0 Å². The number of thiazole rings is 1. The van der Waals surface area contributed by atoms with E-state index in [-0.39, 0.29) is 0 Å². The summed E-state index contributed by atoms with van der Waals surface area (Å²) in [5.41, 5.74) is 0.308. The Balaban J connectivity index is 0.000000219. The Bertz CT molecular complexity index is 1040. The molecule has 3 N–H and O–H groups in total. The Morgan fingerprint density at radius 3 is 2.07 bits per heavy atom. The zero-order chi connectivity index (χ0) is 20.2. The lowest BCUT2D eigenvalue weighted by atomic mass is 10.1. The van der Waals surface area contributed by atoms with Gasteiger partial charge in [-0.2, -0.15) is 0 Å². The Kier molecular flexibility index (Phi) is 6.26. The van der Waals surface area contributed by atoms with E-state index < -0.39 is 38.0 Å². The van der Waals surface area contributed by atoms with Crippen LogP contribution in [0.25, 0.3) is 10.2 Å². The fourth-order valence-corrected chi connectivity index (χ4v) is 3.73. The van der Waals surface area contributed by atoms with Crippen LogP contribution in [-0.2, 0) is 10.0 Å². The number of fused-ring (bicyclic) bond motifs is 1. The molecule has 0 fully saturated rings. The van der Waals surface area contributed by atoms with Gasteiger partial charge in [-0.25, -0.2) is 27.7 Å². The molecule has 0 saturated carbocycles. The van der Waals surface area contributed by atoms with Gasteiger partial charge in [-0.05, 0) is 44.3 Å². The number of aryl methyl sites for hydroxylation is 1. The monoisotopic (exact) mass is 408 g/mol. The molecule has 0 aliphatic heterocycles. The van der Waals surface area contributed by atoms with Crippen molar-refractivity contribution in [3.63, 3.8) is 0 Å². The molecule has 0 aliphatic carbocycles. The highest BCUT2D eigenvalue weighted by Gasteiger charge is 2.18. The van der Waals surface area contributed by atoms with Gasteiger partial charge >= 0.3 is 11.9 Å². The number of rotatable bonds is 4. The van der Waals surface area contributed by atoms with Crippen molar-refractivity contribution >= 4 is 43.5 Å². The molecule has 8 nitrogen and oxygen atoms in total. The van der Waals surface area contributed by atoms with Crippen LogP contribution in [0.1, 0.15) is 25.7 Å². The maximum atomic E-state index is 11.5. The summed E-state index contributed by atoms with van der Waals surface area (Å²) in [7, 11) is -2.74. The van der Waals surface area contributed by atoms with Gasteiger partial charge in [-0.3, -0.25) is 0 Å². The Hall–Kier alpha value is -2.82. The topological polar surface area (TPSA) is 134 Å². The van der Waals surface area contributed by atoms with Crippen molar-refractivity contribution in [3.8, 4) is 0 Å². The van der Waals surface area contributed by atoms with Crippen LogP contribution in [0.15, 0.2) is 47.4 Å². The maximum absolute atomic E-state index is 11.5. The second kappa shape index (κ2) is 8.25. The van der Waals surface area contributed by atoms with Crippen molar-refractivity contribution in [1.82, 2.24) is 9.71 Å². The quantitative estimate of drug-likeness (QED) is 0.604. The van der Waals surface area contributed by atoms with Gasteiger partial charge in [0.2, 0.25) is 10.0 Å². The minimum absolute atomic E-state index is 0.404. The van der Waals surface area contributed by atoms with E-state index in [2.05, 4.69) is 11.1 Å². The molecule has 0 atom stereocenters. The van der Waals surface area contributed by atoms with Crippen LogP contribution in [0, 0.1) is 6.92 Å². The highest BCUT2D eigenvalue weighted by Crippen LogP contribution is 2.20. The lowest BCUT2D eigenvalue weighted by Crippen LogP contribution is -2.19. The van der Waals surface area contributed by atoms with Crippen molar-refractivity contribution in [3.05, 3.63) is 58.6 Å². The second-order valence-electron chi connectivity index (χ2n) is 5.26. The number of carbonyl (C=O) groups is 2. The van der Waals surface area contributed by atoms with Gasteiger partial charge in [0.1, 0.15) is 0 Å². The number of sulfonamides is 1. The number of nitrogens with one attached hydrogen (secondary N) is 1. The number of para-hydroxylation sites is 1. The average Bonchev–Trinajstić information content (AvgIpc) is 3.01. The minimum atomic E-state index is -3.89. The van der Waals surface area contributed by atoms with E-state index in [9.17, 15) is 18.0 Å². The fraction of sp³-hybridized carbons (Fsp3) is 0.118. The molecule has 142 valence electrons. The number of carboxylic acid groups (broad SMARTS) is 2. The molecular formula is C17H16N2O6S2. The van der Waals surface area contributed by atoms with Crippen LogP contribution in [0.5, 0.6) is 0 Å². The first kappa shape index (κ1) is 20.5. The molecule has 0 saturated heterocycles. The summed E-state index contributed by atoms with van der Waals surface area (Å²) < 4.78 is 26.2. The molecule has 27 heavy (non-hydrogen) atoms. The van der Waals surface area contributed by atoms with E-state index in [4.69, 9.17) is 10.2 Å². The third kappa shape index (κ3) is 5.09. The van der Waals surface area contributed by atoms with Crippen molar-refractivity contribution in [2.45, 2.75) is 11.8 Å². The largest absolute Gasteiger partial charge is 0.478 e. The smallest absolute Gasteiger partial charge is 0.335 e. The van der Waals surface area contributed by atoms with Crippen LogP contribution in [0.2, 0.25) is 0 Å². The van der Waals surface area contributed by atoms with Gasteiger partial charge in [0.15, 0.2) is 0 Å². The van der Waals surface area contributed by atoms with Crippen molar-refractivity contribution < 1.29 is 28.2 Å². The number of benzene rings is 2. The van der Waals surface area contributed by atoms with Crippen LogP contribution in [0.4, 0.5) is 0 Å². The number of hydrogen-bond acceptors (Lipinski definition) is 6. The van der Waals surface area contributed by atoms with E-state index in [0.717, 1.165) is 35.8 Å². The standard InChI is InChI=1S/C9H9NO6S.C8H7NS/c1-10-17(15,16)7-3-5(8(11)12)2-6(4-7)9(13)14;1-6-9-7-4-2-3-5-8(7)10-6/h2-4,10H,1H3,(H,11,12)(H,13,14);2-5H,1H3. The van der Waals surface area contributed by atoms with Crippen LogP contribution in [-0.4, -0.2) is 42.6 Å². The predicted molar refractivity (Wildman–Crippen MR) is 101 cm³/mol. The van der Waals surface area contributed by atoms with Gasteiger partial charge in [0.25, 0.3) is 0 Å². The lowest BCUT2D eigenvalue weighted by molar-refractivity contribution is 0.0696. The summed E-state index contributed by atoms with van der Waals surface area (Å²) in [6.07, 6.45) is 0. The van der Waals surface area contributed by atoms with E-state index in [0.29, 0.717) is 0 Å². The van der Waals surface area contributed by atoms with Crippen LogP contribution >= 0.6 is 11.3 Å². The summed E-state index contributed by atoms with van der Waals surface area (Å²) in [6.45, 7) is 2.03. The van der Waals surface area contributed by atoms with Gasteiger partial charge < -0.3 is 10.2 Å². The van der Waals surface area contributed by atoms with Crippen LogP contribution < -0.4 is 4.72 Å². The third-order valence-electron chi connectivity index (χ3n) is 3.38. The molecule has 3 aromatic rings. The average molecular weight is 408 g/mol. The minimum Gasteiger partial charge on any atom is -0.478 e. The molecule has 1 heterocycles. The number of aromatic carboxylic acids is 2. The molecule has 0 amide bonds. The summed E-state index contributed by atoms with van der Waals surface area (Å²) in [5.74, 6) is -2.80. The Morgan fingerprint density at radius 1 is 1.04 bits per heavy atom. The van der Waals surface area contributed by atoms with E-state index in [1.165, 1.54) is 4.70 Å². The number of hydrogen-bond donors (Lipinski definition) is 3. The van der Waals surface area contributed by atoms with Gasteiger partial charge in [0.05, 0.1) is 31.2 Å². The summed E-state index contributed by atoms with van der Waals surface area (Å²) in [6, 6.07) is 10.9. The molecule has 3 rings (SSSR count). The zero-order valence-corrected chi connectivity index (χ0v) is 16.0. The summed E-state index contributed by atoms with van der Waals surface area (Å²) in [5, 5.41) is 18.6. The Morgan fingerprint density at radius 2 is 1.59 bits per heavy atom. The SMILES string of the molecule is CNS(=O)(=O)c1cc(C(=O)O)cc(C(=O)O)c1.Cc1nc2ccccc2s1. The fourth-order valence-electron chi connectivity index (χ4n) is 2.11. The molecule has 0 unspecified atom stereocenters. The highest BCUT2D eigenvalue weighted by molar-refractivity contribution is 7.89. The van der Waals surface area contributed by atoms with Gasteiger partial charge in [-0.15, -0.1) is 11.3 Å². The first-order chi connectivity index (χ1) is 12.6. The van der Waals surface area contributed by atoms with Gasteiger partial charge in [-0.1, -0.05) is 12.1 Å².